The van der Waals surface area contributed by atoms with Crippen LogP contribution < -0.4 is 5.32 Å². The predicted octanol–water partition coefficient (Wildman–Crippen LogP) is 3.29. The molecule has 2 rings (SSSR count). The summed E-state index contributed by atoms with van der Waals surface area (Å²) in [5, 5.41) is 7.78. The second kappa shape index (κ2) is 5.00. The molecule has 0 saturated heterocycles. The lowest BCUT2D eigenvalue weighted by Crippen LogP contribution is -2.16. The van der Waals surface area contributed by atoms with Crippen LogP contribution in [0, 0.1) is 6.92 Å². The normalized spacial score (nSPS) is 10.4. The lowest BCUT2D eigenvalue weighted by Gasteiger charge is -2.06. The van der Waals surface area contributed by atoms with Crippen LogP contribution in [0.15, 0.2) is 24.3 Å². The highest BCUT2D eigenvalue weighted by Gasteiger charge is 2.12. The van der Waals surface area contributed by atoms with Crippen LogP contribution in [0.25, 0.3) is 0 Å². The van der Waals surface area contributed by atoms with Gasteiger partial charge in [-0.05, 0) is 31.2 Å². The van der Waals surface area contributed by atoms with E-state index in [1.807, 2.05) is 6.92 Å². The molecular weight excluding hydrogens is 273 g/mol. The zero-order valence-corrected chi connectivity index (χ0v) is 11.4. The molecule has 4 nitrogen and oxygen atoms in total. The quantitative estimate of drug-likeness (QED) is 0.919. The van der Waals surface area contributed by atoms with Gasteiger partial charge >= 0.3 is 0 Å². The molecule has 0 fully saturated rings. The SMILES string of the molecule is Cc1cc(C(=O)Nc2cc(Cl)cc(Cl)c2)n(C)n1. The first-order chi connectivity index (χ1) is 8.45. The molecule has 1 aromatic heterocycles. The first-order valence-corrected chi connectivity index (χ1v) is 5.99. The van der Waals surface area contributed by atoms with E-state index in [0.717, 1.165) is 5.69 Å². The molecule has 0 aliphatic heterocycles. The number of aromatic nitrogens is 2. The molecule has 0 radical (unpaired) electrons. The second-order valence-corrected chi connectivity index (χ2v) is 4.78. The molecule has 0 aliphatic rings. The van der Waals surface area contributed by atoms with Crippen molar-refractivity contribution in [1.82, 2.24) is 9.78 Å². The Labute approximate surface area is 115 Å². The number of carbonyl (C=O) groups excluding carboxylic acids is 1. The number of benzene rings is 1. The summed E-state index contributed by atoms with van der Waals surface area (Å²) in [4.78, 5) is 12.0. The number of aryl methyl sites for hydroxylation is 2. The Balaban J connectivity index is 2.23. The van der Waals surface area contributed by atoms with Crippen LogP contribution >= 0.6 is 23.2 Å². The Morgan fingerprint density at radius 3 is 2.33 bits per heavy atom. The van der Waals surface area contributed by atoms with Crippen LogP contribution in [0.3, 0.4) is 0 Å². The number of halogens is 2. The van der Waals surface area contributed by atoms with Gasteiger partial charge in [0, 0.05) is 22.8 Å². The summed E-state index contributed by atoms with van der Waals surface area (Å²) in [6, 6.07) is 6.58. The number of hydrogen-bond acceptors (Lipinski definition) is 2. The van der Waals surface area contributed by atoms with E-state index in [1.165, 1.54) is 4.68 Å². The minimum absolute atomic E-state index is 0.253. The summed E-state index contributed by atoms with van der Waals surface area (Å²) in [5.41, 5.74) is 1.81. The van der Waals surface area contributed by atoms with Gasteiger partial charge in [-0.3, -0.25) is 9.48 Å². The van der Waals surface area contributed by atoms with Gasteiger partial charge in [0.05, 0.1) is 5.69 Å². The van der Waals surface area contributed by atoms with Crippen LogP contribution in [0.5, 0.6) is 0 Å². The molecule has 1 aromatic carbocycles. The summed E-state index contributed by atoms with van der Waals surface area (Å²) in [6.07, 6.45) is 0. The standard InChI is InChI=1S/C12H11Cl2N3O/c1-7-3-11(17(2)16-7)12(18)15-10-5-8(13)4-9(14)6-10/h3-6H,1-2H3,(H,15,18). The van der Waals surface area contributed by atoms with Crippen LogP contribution in [-0.2, 0) is 7.05 Å². The molecule has 0 aliphatic carbocycles. The number of rotatable bonds is 2. The molecule has 18 heavy (non-hydrogen) atoms. The highest BCUT2D eigenvalue weighted by molar-refractivity contribution is 6.35. The lowest BCUT2D eigenvalue weighted by atomic mass is 10.3. The summed E-state index contributed by atoms with van der Waals surface area (Å²) in [7, 11) is 1.72. The maximum absolute atomic E-state index is 12.0. The minimum atomic E-state index is -0.253. The number of hydrogen-bond donors (Lipinski definition) is 1. The molecule has 94 valence electrons. The molecule has 0 saturated carbocycles. The van der Waals surface area contributed by atoms with E-state index in [-0.39, 0.29) is 5.91 Å². The molecule has 0 atom stereocenters. The van der Waals surface area contributed by atoms with Gasteiger partial charge in [0.25, 0.3) is 5.91 Å². The van der Waals surface area contributed by atoms with Crippen molar-refractivity contribution in [1.29, 1.82) is 0 Å². The average Bonchev–Trinajstić information content (AvgIpc) is 2.56. The Bertz CT molecular complexity index is 587. The Morgan fingerprint density at radius 1 is 1.22 bits per heavy atom. The van der Waals surface area contributed by atoms with Gasteiger partial charge in [0.15, 0.2) is 0 Å². The fourth-order valence-corrected chi connectivity index (χ4v) is 2.17. The van der Waals surface area contributed by atoms with Crippen molar-refractivity contribution >= 4 is 34.8 Å². The van der Waals surface area contributed by atoms with Gasteiger partial charge in [-0.2, -0.15) is 5.10 Å². The number of carbonyl (C=O) groups is 1. The van der Waals surface area contributed by atoms with Crippen LogP contribution in [0.2, 0.25) is 10.0 Å². The average molecular weight is 284 g/mol. The maximum atomic E-state index is 12.0. The molecule has 0 bridgehead atoms. The zero-order valence-electron chi connectivity index (χ0n) is 9.87. The maximum Gasteiger partial charge on any atom is 0.273 e. The number of nitrogens with one attached hydrogen (secondary N) is 1. The fraction of sp³-hybridized carbons (Fsp3) is 0.167. The molecule has 0 spiro atoms. The van der Waals surface area contributed by atoms with Crippen molar-refractivity contribution < 1.29 is 4.79 Å². The Hall–Kier alpha value is -1.52. The van der Waals surface area contributed by atoms with Crippen LogP contribution in [-0.4, -0.2) is 15.7 Å². The fourth-order valence-electron chi connectivity index (χ4n) is 1.64. The molecule has 1 heterocycles. The van der Waals surface area contributed by atoms with E-state index in [9.17, 15) is 4.79 Å². The van der Waals surface area contributed by atoms with E-state index in [4.69, 9.17) is 23.2 Å². The van der Waals surface area contributed by atoms with Gasteiger partial charge in [0.2, 0.25) is 0 Å². The minimum Gasteiger partial charge on any atom is -0.321 e. The lowest BCUT2D eigenvalue weighted by molar-refractivity contribution is 0.101. The van der Waals surface area contributed by atoms with Gasteiger partial charge in [-0.25, -0.2) is 0 Å². The zero-order chi connectivity index (χ0) is 13.3. The largest absolute Gasteiger partial charge is 0.321 e. The van der Waals surface area contributed by atoms with E-state index in [0.29, 0.717) is 21.4 Å². The van der Waals surface area contributed by atoms with Crippen molar-refractivity contribution in [2.75, 3.05) is 5.32 Å². The first kappa shape index (κ1) is 12.9. The van der Waals surface area contributed by atoms with E-state index >= 15 is 0 Å². The van der Waals surface area contributed by atoms with Crippen molar-refractivity contribution in [2.45, 2.75) is 6.92 Å². The van der Waals surface area contributed by atoms with E-state index < -0.39 is 0 Å². The Morgan fingerprint density at radius 2 is 1.83 bits per heavy atom. The highest BCUT2D eigenvalue weighted by Crippen LogP contribution is 2.22. The summed E-state index contributed by atoms with van der Waals surface area (Å²) in [6.45, 7) is 1.83. The van der Waals surface area contributed by atoms with Crippen LogP contribution in [0.1, 0.15) is 16.2 Å². The number of anilines is 1. The van der Waals surface area contributed by atoms with Crippen molar-refractivity contribution in [3.63, 3.8) is 0 Å². The molecule has 1 N–H and O–H groups in total. The molecule has 6 heteroatoms. The van der Waals surface area contributed by atoms with E-state index in [2.05, 4.69) is 10.4 Å². The predicted molar refractivity (Wildman–Crippen MR) is 72.4 cm³/mol. The Kier molecular flexibility index (Phi) is 3.59. The van der Waals surface area contributed by atoms with Crippen LogP contribution in [0.4, 0.5) is 5.69 Å². The third-order valence-corrected chi connectivity index (χ3v) is 2.79. The molecule has 2 aromatic rings. The van der Waals surface area contributed by atoms with Gasteiger partial charge in [0.1, 0.15) is 5.69 Å². The second-order valence-electron chi connectivity index (χ2n) is 3.91. The number of nitrogens with zero attached hydrogens (tertiary/aromatic N) is 2. The third-order valence-electron chi connectivity index (χ3n) is 2.36. The molecular formula is C12H11Cl2N3O. The first-order valence-electron chi connectivity index (χ1n) is 5.24. The van der Waals surface area contributed by atoms with E-state index in [1.54, 1.807) is 31.3 Å². The van der Waals surface area contributed by atoms with Crippen molar-refractivity contribution in [3.05, 3.63) is 45.7 Å². The third kappa shape index (κ3) is 2.83. The van der Waals surface area contributed by atoms with Gasteiger partial charge in [-0.15, -0.1) is 0 Å². The molecule has 0 unspecified atom stereocenters. The molecule has 1 amide bonds. The monoisotopic (exact) mass is 283 g/mol. The van der Waals surface area contributed by atoms with Crippen molar-refractivity contribution in [3.8, 4) is 0 Å². The summed E-state index contributed by atoms with van der Waals surface area (Å²) in [5.74, 6) is -0.253. The number of amides is 1. The topological polar surface area (TPSA) is 46.9 Å². The van der Waals surface area contributed by atoms with Crippen molar-refractivity contribution in [2.24, 2.45) is 7.05 Å². The van der Waals surface area contributed by atoms with Gasteiger partial charge in [-0.1, -0.05) is 23.2 Å². The smallest absolute Gasteiger partial charge is 0.273 e. The highest BCUT2D eigenvalue weighted by atomic mass is 35.5. The summed E-state index contributed by atoms with van der Waals surface area (Å²) >= 11 is 11.7. The van der Waals surface area contributed by atoms with Gasteiger partial charge < -0.3 is 5.32 Å². The summed E-state index contributed by atoms with van der Waals surface area (Å²) < 4.78 is 1.52.